The Labute approximate surface area is 107 Å². The van der Waals surface area contributed by atoms with E-state index in [1.165, 1.54) is 18.2 Å². The van der Waals surface area contributed by atoms with E-state index in [9.17, 15) is 9.59 Å². The molecule has 2 N–H and O–H groups in total. The molecule has 0 saturated carbocycles. The molecule has 0 unspecified atom stereocenters. The van der Waals surface area contributed by atoms with Gasteiger partial charge in [-0.1, -0.05) is 29.8 Å². The molecule has 5 nitrogen and oxygen atoms in total. The molecule has 0 aliphatic heterocycles. The third-order valence-corrected chi connectivity index (χ3v) is 2.40. The molecule has 1 aromatic carbocycles. The van der Waals surface area contributed by atoms with Crippen molar-refractivity contribution in [2.75, 3.05) is 20.2 Å². The third kappa shape index (κ3) is 5.34. The fraction of sp³-hybridized carbons (Fsp3) is 0.385. The molecule has 2 amide bonds. The summed E-state index contributed by atoms with van der Waals surface area (Å²) in [5, 5.41) is 5.08. The van der Waals surface area contributed by atoms with E-state index >= 15 is 0 Å². The van der Waals surface area contributed by atoms with Crippen molar-refractivity contribution in [1.29, 1.82) is 0 Å². The minimum Gasteiger partial charge on any atom is -0.468 e. The molecule has 98 valence electrons. The molecule has 18 heavy (non-hydrogen) atoms. The SMILES string of the molecule is COC(=O)CNC(=O)NCCc1cccc(C)c1. The molecule has 0 aliphatic carbocycles. The van der Waals surface area contributed by atoms with Crippen molar-refractivity contribution in [1.82, 2.24) is 10.6 Å². The lowest BCUT2D eigenvalue weighted by molar-refractivity contribution is -0.139. The quantitative estimate of drug-likeness (QED) is 0.766. The van der Waals surface area contributed by atoms with Gasteiger partial charge in [-0.05, 0) is 18.9 Å². The number of nitrogens with one attached hydrogen (secondary N) is 2. The van der Waals surface area contributed by atoms with Gasteiger partial charge in [0.15, 0.2) is 0 Å². The monoisotopic (exact) mass is 250 g/mol. The van der Waals surface area contributed by atoms with Crippen LogP contribution < -0.4 is 10.6 Å². The van der Waals surface area contributed by atoms with Crippen LogP contribution in [-0.2, 0) is 16.0 Å². The van der Waals surface area contributed by atoms with Crippen molar-refractivity contribution in [3.63, 3.8) is 0 Å². The van der Waals surface area contributed by atoms with Crippen LogP contribution in [0.2, 0.25) is 0 Å². The summed E-state index contributed by atoms with van der Waals surface area (Å²) < 4.78 is 4.41. The minimum absolute atomic E-state index is 0.118. The second kappa shape index (κ2) is 7.32. The smallest absolute Gasteiger partial charge is 0.325 e. The summed E-state index contributed by atoms with van der Waals surface area (Å²) in [5.74, 6) is -0.469. The number of ether oxygens (including phenoxy) is 1. The maximum Gasteiger partial charge on any atom is 0.325 e. The normalized spacial score (nSPS) is 9.67. The molecule has 0 heterocycles. The Hall–Kier alpha value is -2.04. The van der Waals surface area contributed by atoms with Crippen molar-refractivity contribution in [2.24, 2.45) is 0 Å². The highest BCUT2D eigenvalue weighted by Crippen LogP contribution is 2.03. The standard InChI is InChI=1S/C13H18N2O3/c1-10-4-3-5-11(8-10)6-7-14-13(17)15-9-12(16)18-2/h3-5,8H,6-7,9H2,1-2H3,(H2,14,15,17). The van der Waals surface area contributed by atoms with Gasteiger partial charge in [0.2, 0.25) is 0 Å². The van der Waals surface area contributed by atoms with Gasteiger partial charge in [-0.15, -0.1) is 0 Å². The lowest BCUT2D eigenvalue weighted by Crippen LogP contribution is -2.39. The van der Waals surface area contributed by atoms with Crippen LogP contribution in [0, 0.1) is 6.92 Å². The molecular formula is C13H18N2O3. The van der Waals surface area contributed by atoms with Crippen molar-refractivity contribution in [3.8, 4) is 0 Å². The molecular weight excluding hydrogens is 232 g/mol. The molecule has 0 aromatic heterocycles. The van der Waals surface area contributed by atoms with Gasteiger partial charge < -0.3 is 15.4 Å². The van der Waals surface area contributed by atoms with Crippen LogP contribution in [0.4, 0.5) is 4.79 Å². The van der Waals surface area contributed by atoms with Crippen molar-refractivity contribution < 1.29 is 14.3 Å². The van der Waals surface area contributed by atoms with Gasteiger partial charge >= 0.3 is 12.0 Å². The summed E-state index contributed by atoms with van der Waals surface area (Å²) in [4.78, 5) is 22.1. The van der Waals surface area contributed by atoms with Crippen LogP contribution in [0.5, 0.6) is 0 Å². The Morgan fingerprint density at radius 1 is 1.28 bits per heavy atom. The van der Waals surface area contributed by atoms with E-state index in [0.29, 0.717) is 6.54 Å². The maximum atomic E-state index is 11.3. The number of methoxy groups -OCH3 is 1. The van der Waals surface area contributed by atoms with Crippen LogP contribution in [0.15, 0.2) is 24.3 Å². The Morgan fingerprint density at radius 3 is 2.72 bits per heavy atom. The lowest BCUT2D eigenvalue weighted by Gasteiger charge is -2.07. The van der Waals surface area contributed by atoms with E-state index < -0.39 is 5.97 Å². The lowest BCUT2D eigenvalue weighted by atomic mass is 10.1. The van der Waals surface area contributed by atoms with Crippen LogP contribution in [0.3, 0.4) is 0 Å². The number of benzene rings is 1. The first-order valence-corrected chi connectivity index (χ1v) is 5.76. The number of carbonyl (C=O) groups excluding carboxylic acids is 2. The number of esters is 1. The molecule has 0 bridgehead atoms. The molecule has 0 saturated heterocycles. The topological polar surface area (TPSA) is 67.4 Å². The molecule has 0 atom stereocenters. The zero-order valence-corrected chi connectivity index (χ0v) is 10.7. The number of hydrogen-bond acceptors (Lipinski definition) is 3. The first kappa shape index (κ1) is 14.0. The van der Waals surface area contributed by atoms with Crippen LogP contribution in [0.25, 0.3) is 0 Å². The van der Waals surface area contributed by atoms with Crippen LogP contribution in [0.1, 0.15) is 11.1 Å². The van der Waals surface area contributed by atoms with Gasteiger partial charge in [-0.2, -0.15) is 0 Å². The summed E-state index contributed by atoms with van der Waals surface area (Å²) in [6.45, 7) is 2.43. The number of aryl methyl sites for hydroxylation is 1. The average Bonchev–Trinajstić information content (AvgIpc) is 2.36. The molecule has 1 aromatic rings. The predicted molar refractivity (Wildman–Crippen MR) is 68.3 cm³/mol. The first-order chi connectivity index (χ1) is 8.61. The Morgan fingerprint density at radius 2 is 2.06 bits per heavy atom. The molecule has 1 rings (SSSR count). The number of rotatable bonds is 5. The van der Waals surface area contributed by atoms with Gasteiger partial charge in [0, 0.05) is 6.54 Å². The van der Waals surface area contributed by atoms with Crippen LogP contribution >= 0.6 is 0 Å². The van der Waals surface area contributed by atoms with Gasteiger partial charge in [0.05, 0.1) is 7.11 Å². The predicted octanol–water partition coefficient (Wildman–Crippen LogP) is 1.01. The summed E-state index contributed by atoms with van der Waals surface area (Å²) in [6.07, 6.45) is 0.757. The summed E-state index contributed by atoms with van der Waals surface area (Å²) >= 11 is 0. The zero-order chi connectivity index (χ0) is 13.4. The molecule has 0 radical (unpaired) electrons. The molecule has 0 fully saturated rings. The van der Waals surface area contributed by atoms with E-state index in [2.05, 4.69) is 21.4 Å². The Kier molecular flexibility index (Phi) is 5.70. The number of amides is 2. The van der Waals surface area contributed by atoms with Gasteiger partial charge in [-0.25, -0.2) is 4.79 Å². The third-order valence-electron chi connectivity index (χ3n) is 2.40. The zero-order valence-electron chi connectivity index (χ0n) is 10.7. The summed E-state index contributed by atoms with van der Waals surface area (Å²) in [5.41, 5.74) is 2.37. The second-order valence-corrected chi connectivity index (χ2v) is 3.92. The van der Waals surface area contributed by atoms with E-state index in [-0.39, 0.29) is 12.6 Å². The van der Waals surface area contributed by atoms with Crippen LogP contribution in [-0.4, -0.2) is 32.2 Å². The molecule has 0 aliphatic rings. The minimum atomic E-state index is -0.469. The number of hydrogen-bond donors (Lipinski definition) is 2. The fourth-order valence-electron chi connectivity index (χ4n) is 1.48. The molecule has 0 spiro atoms. The maximum absolute atomic E-state index is 11.3. The first-order valence-electron chi connectivity index (χ1n) is 5.76. The fourth-order valence-corrected chi connectivity index (χ4v) is 1.48. The Balaban J connectivity index is 2.21. The van der Waals surface area contributed by atoms with E-state index in [1.807, 2.05) is 25.1 Å². The average molecular weight is 250 g/mol. The largest absolute Gasteiger partial charge is 0.468 e. The van der Waals surface area contributed by atoms with Crippen molar-refractivity contribution >= 4 is 12.0 Å². The second-order valence-electron chi connectivity index (χ2n) is 3.92. The van der Waals surface area contributed by atoms with Gasteiger partial charge in [0.1, 0.15) is 6.54 Å². The summed E-state index contributed by atoms with van der Waals surface area (Å²) in [7, 11) is 1.28. The highest BCUT2D eigenvalue weighted by Gasteiger charge is 2.03. The van der Waals surface area contributed by atoms with Crippen molar-refractivity contribution in [2.45, 2.75) is 13.3 Å². The van der Waals surface area contributed by atoms with Gasteiger partial charge in [-0.3, -0.25) is 4.79 Å². The summed E-state index contributed by atoms with van der Waals surface area (Å²) in [6, 6.07) is 7.74. The highest BCUT2D eigenvalue weighted by molar-refractivity contribution is 5.80. The molecule has 5 heteroatoms. The van der Waals surface area contributed by atoms with E-state index in [4.69, 9.17) is 0 Å². The highest BCUT2D eigenvalue weighted by atomic mass is 16.5. The number of carbonyl (C=O) groups is 2. The van der Waals surface area contributed by atoms with E-state index in [0.717, 1.165) is 6.42 Å². The Bertz CT molecular complexity index is 418. The van der Waals surface area contributed by atoms with Crippen molar-refractivity contribution in [3.05, 3.63) is 35.4 Å². The van der Waals surface area contributed by atoms with Gasteiger partial charge in [0.25, 0.3) is 0 Å². The number of urea groups is 1. The van der Waals surface area contributed by atoms with E-state index in [1.54, 1.807) is 0 Å².